The predicted molar refractivity (Wildman–Crippen MR) is 81.4 cm³/mol. The summed E-state index contributed by atoms with van der Waals surface area (Å²) < 4.78 is 15.3. The number of aliphatic hydroxyl groups excluding tert-OH is 1. The second kappa shape index (κ2) is 14.1. The van der Waals surface area contributed by atoms with Gasteiger partial charge in [0.25, 0.3) is 0 Å². The Bertz CT molecular complexity index is 250. The Kier molecular flexibility index (Phi) is 13.5. The van der Waals surface area contributed by atoms with Gasteiger partial charge in [-0.3, -0.25) is 0 Å². The van der Waals surface area contributed by atoms with E-state index in [-0.39, 0.29) is 6.10 Å². The molecular formula is C15H31NO5. The van der Waals surface area contributed by atoms with Gasteiger partial charge in [-0.1, -0.05) is 19.8 Å². The molecule has 6 nitrogen and oxygen atoms in total. The second-order valence-corrected chi connectivity index (χ2v) is 5.13. The zero-order valence-electron chi connectivity index (χ0n) is 13.6. The lowest BCUT2D eigenvalue weighted by Crippen LogP contribution is -2.30. The number of carbonyl (C=O) groups is 1. The molecule has 0 bridgehead atoms. The average molecular weight is 305 g/mol. The molecule has 6 heteroatoms. The van der Waals surface area contributed by atoms with E-state index in [1.54, 1.807) is 14.0 Å². The first-order chi connectivity index (χ1) is 10.1. The van der Waals surface area contributed by atoms with Gasteiger partial charge >= 0.3 is 6.09 Å². The summed E-state index contributed by atoms with van der Waals surface area (Å²) in [6.45, 7) is 6.11. The number of rotatable bonds is 13. The molecule has 126 valence electrons. The maximum atomic E-state index is 11.5. The average Bonchev–Trinajstić information content (AvgIpc) is 2.43. The molecule has 0 aliphatic heterocycles. The number of nitrogens with one attached hydrogen (secondary N) is 1. The molecule has 0 rings (SSSR count). The van der Waals surface area contributed by atoms with Crippen LogP contribution in [0.1, 0.15) is 46.0 Å². The fourth-order valence-electron chi connectivity index (χ4n) is 1.82. The Labute approximate surface area is 128 Å². The zero-order chi connectivity index (χ0) is 15.9. The van der Waals surface area contributed by atoms with Crippen LogP contribution in [0.2, 0.25) is 0 Å². The van der Waals surface area contributed by atoms with Crippen molar-refractivity contribution in [2.24, 2.45) is 0 Å². The minimum Gasteiger partial charge on any atom is -0.446 e. The molecule has 0 aromatic heterocycles. The highest BCUT2D eigenvalue weighted by atomic mass is 16.6. The third-order valence-corrected chi connectivity index (χ3v) is 2.97. The molecule has 0 saturated heterocycles. The van der Waals surface area contributed by atoms with E-state index in [4.69, 9.17) is 14.2 Å². The van der Waals surface area contributed by atoms with Crippen molar-refractivity contribution < 1.29 is 24.1 Å². The van der Waals surface area contributed by atoms with Crippen molar-refractivity contribution >= 4 is 6.09 Å². The molecule has 0 aromatic rings. The third kappa shape index (κ3) is 13.9. The summed E-state index contributed by atoms with van der Waals surface area (Å²) >= 11 is 0. The van der Waals surface area contributed by atoms with Crippen molar-refractivity contribution in [3.63, 3.8) is 0 Å². The highest BCUT2D eigenvalue weighted by Crippen LogP contribution is 2.09. The fourth-order valence-corrected chi connectivity index (χ4v) is 1.82. The molecule has 2 atom stereocenters. The number of methoxy groups -OCH3 is 1. The van der Waals surface area contributed by atoms with E-state index in [1.807, 2.05) is 0 Å². The summed E-state index contributed by atoms with van der Waals surface area (Å²) in [6.07, 6.45) is 2.88. The van der Waals surface area contributed by atoms with Crippen LogP contribution in [0, 0.1) is 0 Å². The molecule has 21 heavy (non-hydrogen) atoms. The first-order valence-electron chi connectivity index (χ1n) is 7.79. The summed E-state index contributed by atoms with van der Waals surface area (Å²) in [5.74, 6) is 0. The van der Waals surface area contributed by atoms with E-state index < -0.39 is 12.2 Å². The minimum absolute atomic E-state index is 0.283. The Morgan fingerprint density at radius 1 is 1.24 bits per heavy atom. The van der Waals surface area contributed by atoms with Gasteiger partial charge in [-0.2, -0.15) is 0 Å². The molecule has 0 fully saturated rings. The Hall–Kier alpha value is -0.850. The number of hydrogen-bond donors (Lipinski definition) is 2. The van der Waals surface area contributed by atoms with Crippen LogP contribution in [-0.4, -0.2) is 56.9 Å². The van der Waals surface area contributed by atoms with Crippen molar-refractivity contribution in [1.29, 1.82) is 0 Å². The fraction of sp³-hybridized carbons (Fsp3) is 0.933. The van der Waals surface area contributed by atoms with Gasteiger partial charge in [-0.15, -0.1) is 0 Å². The first-order valence-corrected chi connectivity index (χ1v) is 7.79. The monoisotopic (exact) mass is 305 g/mol. The Morgan fingerprint density at radius 2 is 2.00 bits per heavy atom. The molecule has 0 aliphatic rings. The van der Waals surface area contributed by atoms with E-state index in [9.17, 15) is 9.90 Å². The third-order valence-electron chi connectivity index (χ3n) is 2.97. The topological polar surface area (TPSA) is 77.0 Å². The van der Waals surface area contributed by atoms with Crippen molar-refractivity contribution in [3.05, 3.63) is 0 Å². The molecule has 0 radical (unpaired) electrons. The van der Waals surface area contributed by atoms with E-state index in [0.29, 0.717) is 32.8 Å². The molecule has 0 aliphatic carbocycles. The number of amides is 1. The van der Waals surface area contributed by atoms with Gasteiger partial charge in [0.2, 0.25) is 0 Å². The lowest BCUT2D eigenvalue weighted by Gasteiger charge is -2.17. The van der Waals surface area contributed by atoms with Gasteiger partial charge in [0.1, 0.15) is 6.10 Å². The quantitative estimate of drug-likeness (QED) is 0.510. The van der Waals surface area contributed by atoms with E-state index in [0.717, 1.165) is 25.7 Å². The lowest BCUT2D eigenvalue weighted by atomic mass is 10.1. The van der Waals surface area contributed by atoms with Crippen molar-refractivity contribution in [2.75, 3.05) is 33.5 Å². The van der Waals surface area contributed by atoms with Gasteiger partial charge in [0.05, 0.1) is 19.3 Å². The summed E-state index contributed by atoms with van der Waals surface area (Å²) in [5.41, 5.74) is 0. The highest BCUT2D eigenvalue weighted by molar-refractivity contribution is 5.67. The van der Waals surface area contributed by atoms with E-state index in [2.05, 4.69) is 12.2 Å². The molecule has 2 N–H and O–H groups in total. The summed E-state index contributed by atoms with van der Waals surface area (Å²) in [4.78, 5) is 11.5. The van der Waals surface area contributed by atoms with Crippen LogP contribution in [0.5, 0.6) is 0 Å². The molecule has 0 aromatic carbocycles. The van der Waals surface area contributed by atoms with Crippen LogP contribution in [0.3, 0.4) is 0 Å². The standard InChI is InChI=1S/C15H31NO5/c1-4-5-7-14(17)12-13(2)21-15(18)16-8-6-9-20-11-10-19-3/h13-14,17H,4-12H2,1-3H3,(H,16,18). The normalized spacial score (nSPS) is 13.7. The zero-order valence-corrected chi connectivity index (χ0v) is 13.6. The number of ether oxygens (including phenoxy) is 3. The number of unbranched alkanes of at least 4 members (excludes halogenated alkanes) is 1. The number of carbonyl (C=O) groups excluding carboxylic acids is 1. The van der Waals surface area contributed by atoms with E-state index >= 15 is 0 Å². The number of alkyl carbamates (subject to hydrolysis) is 1. The summed E-state index contributed by atoms with van der Waals surface area (Å²) in [6, 6.07) is 0. The predicted octanol–water partition coefficient (Wildman–Crippen LogP) is 2.10. The minimum atomic E-state index is -0.443. The smallest absolute Gasteiger partial charge is 0.407 e. The van der Waals surface area contributed by atoms with E-state index in [1.165, 1.54) is 0 Å². The van der Waals surface area contributed by atoms with Gasteiger partial charge in [0, 0.05) is 26.7 Å². The van der Waals surface area contributed by atoms with Crippen LogP contribution >= 0.6 is 0 Å². The molecule has 2 unspecified atom stereocenters. The van der Waals surface area contributed by atoms with Crippen molar-refractivity contribution in [3.8, 4) is 0 Å². The van der Waals surface area contributed by atoms with Crippen LogP contribution in [-0.2, 0) is 14.2 Å². The molecule has 1 amide bonds. The van der Waals surface area contributed by atoms with Crippen LogP contribution < -0.4 is 5.32 Å². The molecule has 0 saturated carbocycles. The summed E-state index contributed by atoms with van der Waals surface area (Å²) in [7, 11) is 1.63. The highest BCUT2D eigenvalue weighted by Gasteiger charge is 2.13. The SMILES string of the molecule is CCCCC(O)CC(C)OC(=O)NCCCOCCOC. The van der Waals surface area contributed by atoms with Gasteiger partial charge < -0.3 is 24.6 Å². The first kappa shape index (κ1) is 20.1. The maximum Gasteiger partial charge on any atom is 0.407 e. The maximum absolute atomic E-state index is 11.5. The van der Waals surface area contributed by atoms with Crippen LogP contribution in [0.25, 0.3) is 0 Å². The van der Waals surface area contributed by atoms with Gasteiger partial charge in [-0.25, -0.2) is 4.79 Å². The summed E-state index contributed by atoms with van der Waals surface area (Å²) in [5, 5.41) is 12.4. The van der Waals surface area contributed by atoms with Gasteiger partial charge in [-0.05, 0) is 19.8 Å². The van der Waals surface area contributed by atoms with Crippen LogP contribution in [0.15, 0.2) is 0 Å². The second-order valence-electron chi connectivity index (χ2n) is 5.13. The van der Waals surface area contributed by atoms with Gasteiger partial charge in [0.15, 0.2) is 0 Å². The lowest BCUT2D eigenvalue weighted by molar-refractivity contribution is 0.0566. The Balaban J connectivity index is 3.51. The molecule has 0 heterocycles. The van der Waals surface area contributed by atoms with Crippen molar-refractivity contribution in [2.45, 2.75) is 58.2 Å². The number of aliphatic hydroxyl groups is 1. The number of hydrogen-bond acceptors (Lipinski definition) is 5. The Morgan fingerprint density at radius 3 is 2.67 bits per heavy atom. The molecule has 0 spiro atoms. The molecular weight excluding hydrogens is 274 g/mol. The largest absolute Gasteiger partial charge is 0.446 e. The van der Waals surface area contributed by atoms with Crippen molar-refractivity contribution in [1.82, 2.24) is 5.32 Å². The van der Waals surface area contributed by atoms with Crippen LogP contribution in [0.4, 0.5) is 4.79 Å².